The van der Waals surface area contributed by atoms with Gasteiger partial charge in [0.2, 0.25) is 5.90 Å². The molecule has 0 atom stereocenters. The third-order valence-electron chi connectivity index (χ3n) is 3.79. The van der Waals surface area contributed by atoms with Gasteiger partial charge in [-0.15, -0.1) is 0 Å². The monoisotopic (exact) mass is 360 g/mol. The average Bonchev–Trinajstić information content (AvgIpc) is 2.95. The number of ether oxygens (including phenoxy) is 1. The molecule has 0 bridgehead atoms. The second-order valence-corrected chi connectivity index (χ2v) is 5.90. The molecule has 4 nitrogen and oxygen atoms in total. The van der Waals surface area contributed by atoms with Crippen molar-refractivity contribution in [1.29, 1.82) is 0 Å². The quantitative estimate of drug-likeness (QED) is 0.611. The number of benzene rings is 2. The van der Waals surface area contributed by atoms with Gasteiger partial charge in [0, 0.05) is 25.3 Å². The Bertz CT molecular complexity index is 880. The summed E-state index contributed by atoms with van der Waals surface area (Å²) >= 11 is 0. The first-order chi connectivity index (χ1) is 12.2. The van der Waals surface area contributed by atoms with Crippen LogP contribution in [0.25, 0.3) is 6.08 Å². The van der Waals surface area contributed by atoms with Gasteiger partial charge in [-0.05, 0) is 48.0 Å². The molecule has 3 rings (SSSR count). The first-order valence-corrected chi connectivity index (χ1v) is 7.71. The lowest BCUT2D eigenvalue weighted by molar-refractivity contribution is -0.137. The molecule has 7 heteroatoms. The minimum atomic E-state index is -4.42. The van der Waals surface area contributed by atoms with Crippen molar-refractivity contribution in [3.8, 4) is 0 Å². The van der Waals surface area contributed by atoms with Gasteiger partial charge in [0.1, 0.15) is 0 Å². The highest BCUT2D eigenvalue weighted by Gasteiger charge is 2.31. The lowest BCUT2D eigenvalue weighted by atomic mass is 10.1. The lowest BCUT2D eigenvalue weighted by Gasteiger charge is -2.11. The molecule has 26 heavy (non-hydrogen) atoms. The highest BCUT2D eigenvalue weighted by atomic mass is 19.4. The van der Waals surface area contributed by atoms with E-state index in [1.54, 1.807) is 6.08 Å². The Morgan fingerprint density at radius 3 is 2.15 bits per heavy atom. The summed E-state index contributed by atoms with van der Waals surface area (Å²) in [6, 6.07) is 11.8. The zero-order chi connectivity index (χ0) is 18.9. The fourth-order valence-corrected chi connectivity index (χ4v) is 2.36. The van der Waals surface area contributed by atoms with Crippen LogP contribution in [0.5, 0.6) is 0 Å². The van der Waals surface area contributed by atoms with Crippen LogP contribution in [0.4, 0.5) is 18.9 Å². The van der Waals surface area contributed by atoms with Gasteiger partial charge in [0.25, 0.3) is 0 Å². The molecule has 2 aromatic rings. The Labute approximate surface area is 148 Å². The summed E-state index contributed by atoms with van der Waals surface area (Å²) in [6.07, 6.45) is -2.85. The number of carbonyl (C=O) groups is 1. The summed E-state index contributed by atoms with van der Waals surface area (Å²) in [5.74, 6) is -0.656. The second-order valence-electron chi connectivity index (χ2n) is 5.90. The molecule has 1 aliphatic heterocycles. The van der Waals surface area contributed by atoms with E-state index >= 15 is 0 Å². The number of aliphatic imine (C=N–C) groups is 1. The second kappa shape index (κ2) is 6.67. The zero-order valence-electron chi connectivity index (χ0n) is 14.0. The summed E-state index contributed by atoms with van der Waals surface area (Å²) in [7, 11) is 3.84. The molecule has 0 saturated carbocycles. The van der Waals surface area contributed by atoms with Crippen LogP contribution in [-0.2, 0) is 15.7 Å². The number of halogens is 3. The SMILES string of the molecule is CN(C)c1ccc(/C=C2/N=C(c3ccc(C(F)(F)F)cc3)OC2=O)cc1. The van der Waals surface area contributed by atoms with E-state index in [1.165, 1.54) is 12.1 Å². The van der Waals surface area contributed by atoms with Gasteiger partial charge in [0.05, 0.1) is 5.56 Å². The van der Waals surface area contributed by atoms with Gasteiger partial charge in [-0.3, -0.25) is 0 Å². The number of anilines is 1. The van der Waals surface area contributed by atoms with Crippen LogP contribution in [0.15, 0.2) is 59.2 Å². The Morgan fingerprint density at radius 2 is 1.62 bits per heavy atom. The molecule has 1 aliphatic rings. The minimum Gasteiger partial charge on any atom is -0.402 e. The molecule has 1 heterocycles. The fourth-order valence-electron chi connectivity index (χ4n) is 2.36. The third kappa shape index (κ3) is 3.77. The molecular formula is C19H15F3N2O2. The molecule has 0 aromatic heterocycles. The molecular weight excluding hydrogens is 345 g/mol. The number of nitrogens with zero attached hydrogens (tertiary/aromatic N) is 2. The summed E-state index contributed by atoms with van der Waals surface area (Å²) in [6.45, 7) is 0. The predicted octanol–water partition coefficient (Wildman–Crippen LogP) is 4.12. The fraction of sp³-hybridized carbons (Fsp3) is 0.158. The van der Waals surface area contributed by atoms with E-state index in [1.807, 2.05) is 43.3 Å². The van der Waals surface area contributed by atoms with E-state index in [-0.39, 0.29) is 11.6 Å². The molecule has 0 aliphatic carbocycles. The maximum Gasteiger partial charge on any atom is 0.416 e. The molecule has 0 N–H and O–H groups in total. The molecule has 134 valence electrons. The molecule has 2 aromatic carbocycles. The van der Waals surface area contributed by atoms with Gasteiger partial charge in [-0.1, -0.05) is 12.1 Å². The Morgan fingerprint density at radius 1 is 1.00 bits per heavy atom. The van der Waals surface area contributed by atoms with Crippen LogP contribution in [0.3, 0.4) is 0 Å². The molecule has 0 fully saturated rings. The standard InChI is InChI=1S/C19H15F3N2O2/c1-24(2)15-9-3-12(4-10-15)11-16-18(25)26-17(23-16)13-5-7-14(8-6-13)19(20,21)22/h3-11H,1-2H3/b16-11+. The van der Waals surface area contributed by atoms with Crippen LogP contribution in [0.1, 0.15) is 16.7 Å². The van der Waals surface area contributed by atoms with Crippen molar-refractivity contribution >= 4 is 23.6 Å². The van der Waals surface area contributed by atoms with Crippen molar-refractivity contribution in [3.05, 3.63) is 70.9 Å². The smallest absolute Gasteiger partial charge is 0.402 e. The molecule has 0 unspecified atom stereocenters. The van der Waals surface area contributed by atoms with E-state index in [0.717, 1.165) is 23.4 Å². The molecule has 0 saturated heterocycles. The number of carbonyl (C=O) groups excluding carboxylic acids is 1. The van der Waals surface area contributed by atoms with E-state index in [9.17, 15) is 18.0 Å². The number of esters is 1. The minimum absolute atomic E-state index is 0.0140. The number of alkyl halides is 3. The maximum absolute atomic E-state index is 12.6. The summed E-state index contributed by atoms with van der Waals surface area (Å²) in [5, 5.41) is 0. The number of rotatable bonds is 3. The maximum atomic E-state index is 12.6. The van der Waals surface area contributed by atoms with E-state index in [2.05, 4.69) is 4.99 Å². The topological polar surface area (TPSA) is 41.9 Å². The number of hydrogen-bond donors (Lipinski definition) is 0. The van der Waals surface area contributed by atoms with Crippen LogP contribution in [0.2, 0.25) is 0 Å². The van der Waals surface area contributed by atoms with Crippen molar-refractivity contribution in [1.82, 2.24) is 0 Å². The molecule has 0 amide bonds. The van der Waals surface area contributed by atoms with Crippen LogP contribution in [-0.4, -0.2) is 26.0 Å². The van der Waals surface area contributed by atoms with Crippen LogP contribution >= 0.6 is 0 Å². The van der Waals surface area contributed by atoms with Crippen LogP contribution < -0.4 is 4.90 Å². The Kier molecular flexibility index (Phi) is 4.54. The van der Waals surface area contributed by atoms with Crippen molar-refractivity contribution < 1.29 is 22.7 Å². The summed E-state index contributed by atoms with van der Waals surface area (Å²) in [5.41, 5.74) is 1.40. The van der Waals surface area contributed by atoms with Gasteiger partial charge >= 0.3 is 12.1 Å². The van der Waals surface area contributed by atoms with Crippen molar-refractivity contribution in [2.75, 3.05) is 19.0 Å². The highest BCUT2D eigenvalue weighted by molar-refractivity contribution is 6.12. The van der Waals surface area contributed by atoms with E-state index < -0.39 is 17.7 Å². The van der Waals surface area contributed by atoms with Gasteiger partial charge in [-0.2, -0.15) is 13.2 Å². The van der Waals surface area contributed by atoms with Crippen LogP contribution in [0, 0.1) is 0 Å². The average molecular weight is 360 g/mol. The van der Waals surface area contributed by atoms with Gasteiger partial charge in [0.15, 0.2) is 5.70 Å². The van der Waals surface area contributed by atoms with Crippen molar-refractivity contribution in [2.45, 2.75) is 6.18 Å². The van der Waals surface area contributed by atoms with Crippen molar-refractivity contribution in [2.24, 2.45) is 4.99 Å². The largest absolute Gasteiger partial charge is 0.416 e. The van der Waals surface area contributed by atoms with E-state index in [0.29, 0.717) is 5.56 Å². The normalized spacial score (nSPS) is 15.8. The number of cyclic esters (lactones) is 1. The highest BCUT2D eigenvalue weighted by Crippen LogP contribution is 2.29. The Balaban J connectivity index is 1.84. The summed E-state index contributed by atoms with van der Waals surface area (Å²) < 4.78 is 42.9. The first-order valence-electron chi connectivity index (χ1n) is 7.71. The Hall–Kier alpha value is -3.09. The predicted molar refractivity (Wildman–Crippen MR) is 92.8 cm³/mol. The third-order valence-corrected chi connectivity index (χ3v) is 3.79. The molecule has 0 radical (unpaired) electrons. The summed E-state index contributed by atoms with van der Waals surface area (Å²) in [4.78, 5) is 18.0. The van der Waals surface area contributed by atoms with Gasteiger partial charge < -0.3 is 9.64 Å². The zero-order valence-corrected chi connectivity index (χ0v) is 14.0. The molecule has 0 spiro atoms. The van der Waals surface area contributed by atoms with Gasteiger partial charge in [-0.25, -0.2) is 9.79 Å². The van der Waals surface area contributed by atoms with E-state index in [4.69, 9.17) is 4.74 Å². The number of hydrogen-bond acceptors (Lipinski definition) is 4. The lowest BCUT2D eigenvalue weighted by Crippen LogP contribution is -2.08. The first kappa shape index (κ1) is 17.7. The van der Waals surface area contributed by atoms with Crippen molar-refractivity contribution in [3.63, 3.8) is 0 Å².